The van der Waals surface area contributed by atoms with Gasteiger partial charge in [-0.1, -0.05) is 35.9 Å². The van der Waals surface area contributed by atoms with Crippen molar-refractivity contribution in [3.63, 3.8) is 0 Å². The summed E-state index contributed by atoms with van der Waals surface area (Å²) in [6, 6.07) is 16.0. The average Bonchev–Trinajstić information content (AvgIpc) is 2.58. The van der Waals surface area contributed by atoms with E-state index in [1.807, 2.05) is 18.2 Å². The Hall–Kier alpha value is -2.50. The molecule has 1 heterocycles. The van der Waals surface area contributed by atoms with E-state index in [2.05, 4.69) is 63.1 Å². The van der Waals surface area contributed by atoms with Crippen molar-refractivity contribution in [2.24, 2.45) is 0 Å². The molecule has 3 rings (SSSR count). The predicted molar refractivity (Wildman–Crippen MR) is 108 cm³/mol. The van der Waals surface area contributed by atoms with E-state index in [0.717, 1.165) is 11.1 Å². The van der Waals surface area contributed by atoms with Crippen LogP contribution in [-0.2, 0) is 0 Å². The Kier molecular flexibility index (Phi) is 4.45. The van der Waals surface area contributed by atoms with E-state index < -0.39 is 0 Å². The van der Waals surface area contributed by atoms with Crippen LogP contribution in [-0.4, -0.2) is 12.6 Å². The van der Waals surface area contributed by atoms with Crippen LogP contribution >= 0.6 is 11.6 Å². The smallest absolute Gasteiger partial charge is 0.0998 e. The highest BCUT2D eigenvalue weighted by Gasteiger charge is 2.28. The monoisotopic (exact) mass is 348 g/mol. The summed E-state index contributed by atoms with van der Waals surface area (Å²) in [7, 11) is 2.12. The molecule has 0 fully saturated rings. The molecule has 0 aliphatic carbocycles. The van der Waals surface area contributed by atoms with E-state index in [-0.39, 0.29) is 5.54 Å². The highest BCUT2D eigenvalue weighted by atomic mass is 35.5. The van der Waals surface area contributed by atoms with Crippen molar-refractivity contribution in [1.82, 2.24) is 0 Å². The Morgan fingerprint density at radius 2 is 1.84 bits per heavy atom. The van der Waals surface area contributed by atoms with Gasteiger partial charge in [0, 0.05) is 23.3 Å². The van der Waals surface area contributed by atoms with Gasteiger partial charge in [-0.15, -0.1) is 0 Å². The third-order valence-corrected chi connectivity index (χ3v) is 5.08. The maximum absolute atomic E-state index is 9.54. The molecule has 25 heavy (non-hydrogen) atoms. The summed E-state index contributed by atoms with van der Waals surface area (Å²) in [5.41, 5.74) is 6.20. The maximum atomic E-state index is 9.54. The molecule has 1 aliphatic heterocycles. The van der Waals surface area contributed by atoms with Crippen molar-refractivity contribution in [1.29, 1.82) is 5.26 Å². The van der Waals surface area contributed by atoms with Gasteiger partial charge in [0.1, 0.15) is 0 Å². The number of fused-ring (bicyclic) bond motifs is 1. The van der Waals surface area contributed by atoms with Gasteiger partial charge in [0.05, 0.1) is 17.2 Å². The van der Waals surface area contributed by atoms with Gasteiger partial charge in [-0.25, -0.2) is 0 Å². The first-order valence-corrected chi connectivity index (χ1v) is 8.65. The normalized spacial score (nSPS) is 16.1. The number of nitrogens with zero attached hydrogens (tertiary/aromatic N) is 2. The van der Waals surface area contributed by atoms with Gasteiger partial charge in [-0.2, -0.15) is 5.26 Å². The molecule has 0 bridgehead atoms. The number of allylic oxidation sites excluding steroid dienone is 2. The van der Waals surface area contributed by atoms with Crippen LogP contribution in [0.1, 0.15) is 37.5 Å². The lowest BCUT2D eigenvalue weighted by Gasteiger charge is -2.40. The Bertz CT molecular complexity index is 912. The van der Waals surface area contributed by atoms with Gasteiger partial charge in [-0.05, 0) is 67.8 Å². The van der Waals surface area contributed by atoms with Gasteiger partial charge in [0.15, 0.2) is 0 Å². The lowest BCUT2D eigenvalue weighted by molar-refractivity contribution is 0.598. The molecule has 0 amide bonds. The fraction of sp³-hybridized carbons (Fsp3) is 0.227. The van der Waals surface area contributed by atoms with Crippen LogP contribution < -0.4 is 4.90 Å². The second-order valence-corrected chi connectivity index (χ2v) is 7.43. The molecule has 3 heteroatoms. The summed E-state index contributed by atoms with van der Waals surface area (Å²) in [6.07, 6.45) is 4.21. The van der Waals surface area contributed by atoms with Crippen LogP contribution in [0, 0.1) is 11.3 Å². The molecule has 0 spiro atoms. The minimum Gasteiger partial charge on any atom is -0.366 e. The summed E-state index contributed by atoms with van der Waals surface area (Å²) < 4.78 is 0. The minimum absolute atomic E-state index is 0.00440. The molecule has 2 nitrogen and oxygen atoms in total. The van der Waals surface area contributed by atoms with Crippen molar-refractivity contribution in [3.05, 3.63) is 70.3 Å². The first kappa shape index (κ1) is 17.3. The van der Waals surface area contributed by atoms with Crippen LogP contribution in [0.25, 0.3) is 17.2 Å². The molecular formula is C22H21ClN2. The standard InChI is InChI=1S/C22H21ClN2/c1-15-13-22(2,3)25(4)21-10-5-16(12-20(15)21)11-18(14-24)17-6-8-19(23)9-7-17/h5-13H,1-4H3/b18-11-. The van der Waals surface area contributed by atoms with Gasteiger partial charge in [0.25, 0.3) is 0 Å². The van der Waals surface area contributed by atoms with Crippen LogP contribution in [0.15, 0.2) is 48.5 Å². The molecule has 0 N–H and O–H groups in total. The van der Waals surface area contributed by atoms with Gasteiger partial charge >= 0.3 is 0 Å². The number of likely N-dealkylation sites (N-methyl/N-ethyl adjacent to an activating group) is 1. The quantitative estimate of drug-likeness (QED) is 0.489. The Balaban J connectivity index is 2.04. The van der Waals surface area contributed by atoms with Crippen LogP contribution in [0.3, 0.4) is 0 Å². The van der Waals surface area contributed by atoms with Crippen molar-refractivity contribution >= 4 is 34.5 Å². The van der Waals surface area contributed by atoms with E-state index in [9.17, 15) is 5.26 Å². The zero-order chi connectivity index (χ0) is 18.2. The number of rotatable bonds is 2. The van der Waals surface area contributed by atoms with E-state index in [0.29, 0.717) is 10.6 Å². The van der Waals surface area contributed by atoms with E-state index >= 15 is 0 Å². The van der Waals surface area contributed by atoms with Crippen molar-refractivity contribution in [2.75, 3.05) is 11.9 Å². The van der Waals surface area contributed by atoms with Crippen LogP contribution in [0.2, 0.25) is 5.02 Å². The number of nitriles is 1. The molecule has 0 aromatic heterocycles. The third-order valence-electron chi connectivity index (χ3n) is 4.83. The molecule has 0 saturated carbocycles. The second-order valence-electron chi connectivity index (χ2n) is 6.99. The lowest BCUT2D eigenvalue weighted by atomic mass is 9.88. The third kappa shape index (κ3) is 3.34. The molecule has 0 saturated heterocycles. The van der Waals surface area contributed by atoms with Crippen molar-refractivity contribution in [3.8, 4) is 6.07 Å². The zero-order valence-electron chi connectivity index (χ0n) is 15.0. The fourth-order valence-corrected chi connectivity index (χ4v) is 3.37. The van der Waals surface area contributed by atoms with E-state index in [4.69, 9.17) is 11.6 Å². The molecule has 2 aromatic carbocycles. The highest BCUT2D eigenvalue weighted by molar-refractivity contribution is 6.30. The average molecular weight is 349 g/mol. The number of benzene rings is 2. The first-order valence-electron chi connectivity index (χ1n) is 8.27. The summed E-state index contributed by atoms with van der Waals surface area (Å²) >= 11 is 5.94. The largest absolute Gasteiger partial charge is 0.366 e. The fourth-order valence-electron chi connectivity index (χ4n) is 3.24. The lowest BCUT2D eigenvalue weighted by Crippen LogP contribution is -2.42. The SMILES string of the molecule is CC1=CC(C)(C)N(C)c2ccc(/C=C(/C#N)c3ccc(Cl)cc3)cc21. The topological polar surface area (TPSA) is 27.0 Å². The molecule has 126 valence electrons. The predicted octanol–water partition coefficient (Wildman–Crippen LogP) is 6.04. The molecule has 0 radical (unpaired) electrons. The van der Waals surface area contributed by atoms with Gasteiger partial charge in [-0.3, -0.25) is 0 Å². The summed E-state index contributed by atoms with van der Waals surface area (Å²) in [4.78, 5) is 2.28. The van der Waals surface area contributed by atoms with Gasteiger partial charge < -0.3 is 4.90 Å². The summed E-state index contributed by atoms with van der Waals surface area (Å²) in [5.74, 6) is 0. The number of anilines is 1. The maximum Gasteiger partial charge on any atom is 0.0998 e. The summed E-state index contributed by atoms with van der Waals surface area (Å²) in [6.45, 7) is 6.56. The van der Waals surface area contributed by atoms with Crippen LogP contribution in [0.4, 0.5) is 5.69 Å². The number of hydrogen-bond donors (Lipinski definition) is 0. The van der Waals surface area contributed by atoms with E-state index in [1.54, 1.807) is 12.1 Å². The Morgan fingerprint density at radius 1 is 1.16 bits per heavy atom. The van der Waals surface area contributed by atoms with Crippen molar-refractivity contribution < 1.29 is 0 Å². The molecule has 0 unspecified atom stereocenters. The second kappa shape index (κ2) is 6.43. The Labute approximate surface area is 154 Å². The molecule has 1 aliphatic rings. The highest BCUT2D eigenvalue weighted by Crippen LogP contribution is 2.38. The molecule has 0 atom stereocenters. The minimum atomic E-state index is -0.00440. The van der Waals surface area contributed by atoms with Crippen molar-refractivity contribution in [2.45, 2.75) is 26.3 Å². The molecular weight excluding hydrogens is 328 g/mol. The zero-order valence-corrected chi connectivity index (χ0v) is 15.7. The number of hydrogen-bond acceptors (Lipinski definition) is 2. The first-order chi connectivity index (χ1) is 11.8. The molecule has 2 aromatic rings. The summed E-state index contributed by atoms with van der Waals surface area (Å²) in [5, 5.41) is 10.2. The van der Waals surface area contributed by atoms with Crippen LogP contribution in [0.5, 0.6) is 0 Å². The number of halogens is 1. The van der Waals surface area contributed by atoms with Gasteiger partial charge in [0.2, 0.25) is 0 Å². The Morgan fingerprint density at radius 3 is 2.48 bits per heavy atom. The van der Waals surface area contributed by atoms with E-state index in [1.165, 1.54) is 16.8 Å².